The molecule has 0 bridgehead atoms. The van der Waals surface area contributed by atoms with Crippen molar-refractivity contribution in [2.45, 2.75) is 44.6 Å². The van der Waals surface area contributed by atoms with Crippen LogP contribution in [-0.2, 0) is 6.54 Å². The summed E-state index contributed by atoms with van der Waals surface area (Å²) in [5, 5.41) is 15.7. The van der Waals surface area contributed by atoms with Crippen LogP contribution in [-0.4, -0.2) is 27.2 Å². The van der Waals surface area contributed by atoms with Gasteiger partial charge in [-0.25, -0.2) is 4.79 Å². The van der Waals surface area contributed by atoms with Crippen LogP contribution in [0.5, 0.6) is 0 Å². The first-order chi connectivity index (χ1) is 14.7. The zero-order valence-corrected chi connectivity index (χ0v) is 16.9. The SMILES string of the molecule is O=C(O)c1ccc2c(C3CCCCC3)c3n(c2c1)CCNc1c-3ccc2[nH]ccc12. The third kappa shape index (κ3) is 2.51. The smallest absolute Gasteiger partial charge is 0.335 e. The molecule has 0 unspecified atom stereocenters. The van der Waals surface area contributed by atoms with E-state index in [2.05, 4.69) is 33.1 Å². The van der Waals surface area contributed by atoms with Crippen molar-refractivity contribution in [3.63, 3.8) is 0 Å². The van der Waals surface area contributed by atoms with Gasteiger partial charge in [-0.1, -0.05) is 25.3 Å². The standard InChI is InChI=1S/C25H25N3O2/c29-25(30)16-6-7-18-21(14-16)28-13-12-27-23-17-10-11-26-20(17)9-8-19(23)24(28)22(18)15-4-2-1-3-5-15/h6-11,14-15,26-27H,1-5,12-13H2,(H,29,30). The highest BCUT2D eigenvalue weighted by Crippen LogP contribution is 2.47. The minimum atomic E-state index is -0.868. The second kappa shape index (κ2) is 6.66. The van der Waals surface area contributed by atoms with E-state index >= 15 is 0 Å². The first kappa shape index (κ1) is 17.6. The lowest BCUT2D eigenvalue weighted by atomic mass is 9.81. The van der Waals surface area contributed by atoms with Crippen molar-refractivity contribution in [1.29, 1.82) is 0 Å². The van der Waals surface area contributed by atoms with Crippen molar-refractivity contribution < 1.29 is 9.90 Å². The number of benzene rings is 2. The highest BCUT2D eigenvalue weighted by molar-refractivity contribution is 6.05. The summed E-state index contributed by atoms with van der Waals surface area (Å²) in [5.74, 6) is -0.339. The summed E-state index contributed by atoms with van der Waals surface area (Å²) < 4.78 is 2.36. The lowest BCUT2D eigenvalue weighted by Crippen LogP contribution is -2.08. The van der Waals surface area contributed by atoms with Crippen LogP contribution in [0.4, 0.5) is 5.69 Å². The van der Waals surface area contributed by atoms with E-state index < -0.39 is 5.97 Å². The number of aromatic nitrogens is 2. The molecular formula is C25H25N3O2. The number of carboxylic acids is 1. The molecule has 0 radical (unpaired) electrons. The summed E-state index contributed by atoms with van der Waals surface area (Å²) in [6.45, 7) is 1.64. The number of hydrogen-bond acceptors (Lipinski definition) is 2. The average molecular weight is 399 g/mol. The summed E-state index contributed by atoms with van der Waals surface area (Å²) >= 11 is 0. The van der Waals surface area contributed by atoms with E-state index in [0.717, 1.165) is 24.1 Å². The van der Waals surface area contributed by atoms with Crippen LogP contribution < -0.4 is 5.32 Å². The quantitative estimate of drug-likeness (QED) is 0.389. The number of aromatic amines is 1. The summed E-state index contributed by atoms with van der Waals surface area (Å²) in [7, 11) is 0. The van der Waals surface area contributed by atoms with Crippen molar-refractivity contribution >= 4 is 33.5 Å². The Morgan fingerprint density at radius 1 is 1.03 bits per heavy atom. The van der Waals surface area contributed by atoms with Crippen LogP contribution in [0.25, 0.3) is 33.1 Å². The van der Waals surface area contributed by atoms with Gasteiger partial charge in [0.25, 0.3) is 0 Å². The number of rotatable bonds is 2. The van der Waals surface area contributed by atoms with Gasteiger partial charge in [-0.3, -0.25) is 0 Å². The Labute approximate surface area is 174 Å². The van der Waals surface area contributed by atoms with E-state index in [1.165, 1.54) is 65.4 Å². The zero-order chi connectivity index (χ0) is 20.2. The van der Waals surface area contributed by atoms with Crippen LogP contribution in [0, 0.1) is 0 Å². The number of carbonyl (C=O) groups is 1. The fraction of sp³-hybridized carbons (Fsp3) is 0.320. The Balaban J connectivity index is 1.70. The highest BCUT2D eigenvalue weighted by Gasteiger charge is 2.29. The number of anilines is 1. The maximum atomic E-state index is 11.7. The lowest BCUT2D eigenvalue weighted by Gasteiger charge is -2.24. The van der Waals surface area contributed by atoms with Gasteiger partial charge in [0, 0.05) is 46.7 Å². The van der Waals surface area contributed by atoms with Gasteiger partial charge in [-0.2, -0.15) is 0 Å². The number of hydrogen-bond donors (Lipinski definition) is 3. The molecule has 152 valence electrons. The summed E-state index contributed by atoms with van der Waals surface area (Å²) in [6, 6.07) is 12.2. The minimum absolute atomic E-state index is 0.358. The topological polar surface area (TPSA) is 70.0 Å². The third-order valence-corrected chi connectivity index (χ3v) is 6.99. The van der Waals surface area contributed by atoms with Gasteiger partial charge < -0.3 is 20.0 Å². The molecule has 0 spiro atoms. The molecule has 2 aromatic carbocycles. The summed E-state index contributed by atoms with van der Waals surface area (Å²) in [4.78, 5) is 15.0. The van der Waals surface area contributed by atoms with Gasteiger partial charge in [-0.05, 0) is 54.7 Å². The van der Waals surface area contributed by atoms with E-state index in [-0.39, 0.29) is 0 Å². The van der Waals surface area contributed by atoms with Gasteiger partial charge in [0.15, 0.2) is 0 Å². The van der Waals surface area contributed by atoms with E-state index in [1.54, 1.807) is 6.07 Å². The Morgan fingerprint density at radius 3 is 2.73 bits per heavy atom. The molecule has 5 heteroatoms. The van der Waals surface area contributed by atoms with Gasteiger partial charge >= 0.3 is 5.97 Å². The van der Waals surface area contributed by atoms with E-state index in [9.17, 15) is 9.90 Å². The van der Waals surface area contributed by atoms with Crippen LogP contribution >= 0.6 is 0 Å². The van der Waals surface area contributed by atoms with Crippen molar-refractivity contribution in [3.8, 4) is 11.3 Å². The van der Waals surface area contributed by atoms with Crippen LogP contribution in [0.2, 0.25) is 0 Å². The minimum Gasteiger partial charge on any atom is -0.478 e. The molecule has 0 saturated heterocycles. The molecule has 1 aliphatic carbocycles. The second-order valence-electron chi connectivity index (χ2n) is 8.64. The fourth-order valence-corrected chi connectivity index (χ4v) is 5.65. The molecule has 2 aromatic heterocycles. The van der Waals surface area contributed by atoms with Gasteiger partial charge in [0.2, 0.25) is 0 Å². The number of aromatic carboxylic acids is 1. The molecule has 6 rings (SSSR count). The van der Waals surface area contributed by atoms with Crippen molar-refractivity contribution in [2.24, 2.45) is 0 Å². The molecule has 1 fully saturated rings. The van der Waals surface area contributed by atoms with E-state index in [1.807, 2.05) is 18.3 Å². The van der Waals surface area contributed by atoms with Crippen LogP contribution in [0.15, 0.2) is 42.6 Å². The number of H-pyrrole nitrogens is 1. The van der Waals surface area contributed by atoms with Crippen molar-refractivity contribution in [2.75, 3.05) is 11.9 Å². The van der Waals surface area contributed by atoms with Crippen molar-refractivity contribution in [1.82, 2.24) is 9.55 Å². The number of fused-ring (bicyclic) bond motifs is 7. The lowest BCUT2D eigenvalue weighted by molar-refractivity contribution is 0.0697. The summed E-state index contributed by atoms with van der Waals surface area (Å²) in [5.41, 5.74) is 7.66. The predicted molar refractivity (Wildman–Crippen MR) is 121 cm³/mol. The molecule has 1 aliphatic heterocycles. The van der Waals surface area contributed by atoms with E-state index in [4.69, 9.17) is 0 Å². The molecule has 0 amide bonds. The van der Waals surface area contributed by atoms with Crippen LogP contribution in [0.3, 0.4) is 0 Å². The molecule has 1 saturated carbocycles. The molecule has 4 aromatic rings. The number of nitrogens with zero attached hydrogens (tertiary/aromatic N) is 1. The monoisotopic (exact) mass is 399 g/mol. The first-order valence-electron chi connectivity index (χ1n) is 11.0. The van der Waals surface area contributed by atoms with Gasteiger partial charge in [0.1, 0.15) is 0 Å². The predicted octanol–water partition coefficient (Wildman–Crippen LogP) is 5.96. The molecule has 3 N–H and O–H groups in total. The average Bonchev–Trinajstić information content (AvgIpc) is 3.32. The second-order valence-corrected chi connectivity index (χ2v) is 8.64. The zero-order valence-electron chi connectivity index (χ0n) is 16.9. The van der Waals surface area contributed by atoms with Crippen LogP contribution in [0.1, 0.15) is 53.9 Å². The highest BCUT2D eigenvalue weighted by atomic mass is 16.4. The Bertz CT molecular complexity index is 1290. The normalized spacial score (nSPS) is 16.8. The maximum absolute atomic E-state index is 11.7. The largest absolute Gasteiger partial charge is 0.478 e. The van der Waals surface area contributed by atoms with Crippen molar-refractivity contribution in [3.05, 3.63) is 53.7 Å². The Kier molecular flexibility index (Phi) is 3.91. The van der Waals surface area contributed by atoms with Gasteiger partial charge in [0.05, 0.1) is 16.9 Å². The fourth-order valence-electron chi connectivity index (χ4n) is 5.65. The number of carboxylic acid groups (broad SMARTS) is 1. The summed E-state index contributed by atoms with van der Waals surface area (Å²) in [6.07, 6.45) is 8.27. The van der Waals surface area contributed by atoms with E-state index in [0.29, 0.717) is 11.5 Å². The molecule has 3 heterocycles. The molecule has 0 atom stereocenters. The maximum Gasteiger partial charge on any atom is 0.335 e. The Morgan fingerprint density at radius 2 is 1.90 bits per heavy atom. The van der Waals surface area contributed by atoms with Gasteiger partial charge in [-0.15, -0.1) is 0 Å². The third-order valence-electron chi connectivity index (χ3n) is 6.99. The number of nitrogens with one attached hydrogen (secondary N) is 2. The molecule has 2 aliphatic rings. The molecule has 30 heavy (non-hydrogen) atoms. The Hall–Kier alpha value is -3.21. The molecule has 5 nitrogen and oxygen atoms in total. The molecular weight excluding hydrogens is 374 g/mol. The first-order valence-corrected chi connectivity index (χ1v) is 11.0.